The third-order valence-electron chi connectivity index (χ3n) is 1.91. The Morgan fingerprint density at radius 2 is 2.50 bits per heavy atom. The van der Waals surface area contributed by atoms with Crippen LogP contribution in [-0.4, -0.2) is 26.5 Å². The minimum atomic E-state index is -0.226. The molecule has 5 nitrogen and oxygen atoms in total. The first-order valence-corrected chi connectivity index (χ1v) is 5.44. The van der Waals surface area contributed by atoms with Gasteiger partial charge in [0, 0.05) is 15.8 Å². The van der Waals surface area contributed by atoms with Gasteiger partial charge in [0.2, 0.25) is 0 Å². The number of aliphatic hydroxyl groups is 1. The number of aliphatic hydroxyl groups excluding tert-OH is 1. The maximum Gasteiger partial charge on any atom is 0.343 e. The van der Waals surface area contributed by atoms with Crippen LogP contribution in [0.15, 0.2) is 22.6 Å². The Labute approximate surface area is 95.4 Å². The molecule has 16 heavy (non-hydrogen) atoms. The monoisotopic (exact) mass is 235 g/mol. The number of H-pyrrole nitrogens is 1. The molecule has 2 heterocycles. The lowest BCUT2D eigenvalue weighted by Gasteiger charge is -1.94. The third-order valence-corrected chi connectivity index (χ3v) is 2.83. The summed E-state index contributed by atoms with van der Waals surface area (Å²) in [4.78, 5) is 12.2. The second kappa shape index (κ2) is 4.79. The molecule has 0 aromatic carbocycles. The lowest BCUT2D eigenvalue weighted by Crippen LogP contribution is -2.16. The number of hydrogen-bond acceptors (Lipinski definition) is 4. The van der Waals surface area contributed by atoms with Gasteiger partial charge >= 0.3 is 5.69 Å². The highest BCUT2D eigenvalue weighted by Gasteiger charge is 2.01. The molecule has 0 aliphatic rings. The number of rotatable bonds is 2. The van der Waals surface area contributed by atoms with Gasteiger partial charge in [-0.05, 0) is 6.07 Å². The highest BCUT2D eigenvalue weighted by molar-refractivity contribution is 7.10. The molecule has 0 aliphatic heterocycles. The minimum Gasteiger partial charge on any atom is -0.384 e. The average molecular weight is 235 g/mol. The van der Waals surface area contributed by atoms with Gasteiger partial charge in [-0.15, -0.1) is 11.3 Å². The number of thiophene rings is 1. The van der Waals surface area contributed by atoms with Crippen molar-refractivity contribution < 1.29 is 5.11 Å². The van der Waals surface area contributed by atoms with Crippen LogP contribution in [0.1, 0.15) is 10.4 Å². The molecule has 0 aliphatic carbocycles. The van der Waals surface area contributed by atoms with E-state index in [1.165, 1.54) is 22.2 Å². The highest BCUT2D eigenvalue weighted by Crippen LogP contribution is 2.14. The lowest BCUT2D eigenvalue weighted by molar-refractivity contribution is 0.350. The Morgan fingerprint density at radius 1 is 1.62 bits per heavy atom. The van der Waals surface area contributed by atoms with E-state index in [4.69, 9.17) is 5.11 Å². The fourth-order valence-corrected chi connectivity index (χ4v) is 2.04. The summed E-state index contributed by atoms with van der Waals surface area (Å²) in [5, 5.41) is 16.4. The van der Waals surface area contributed by atoms with E-state index in [1.807, 2.05) is 11.4 Å². The van der Waals surface area contributed by atoms with Gasteiger partial charge < -0.3 is 5.11 Å². The van der Waals surface area contributed by atoms with Crippen molar-refractivity contribution in [1.82, 2.24) is 14.8 Å². The van der Waals surface area contributed by atoms with Gasteiger partial charge in [0.1, 0.15) is 12.9 Å². The maximum absolute atomic E-state index is 11.2. The SMILES string of the molecule is O=c1[nH]ncn1Cc1cc(C#CCO)cs1. The number of nitrogens with one attached hydrogen (secondary N) is 1. The predicted octanol–water partition coefficient (Wildman–Crippen LogP) is 0.0250. The van der Waals surface area contributed by atoms with E-state index < -0.39 is 0 Å². The molecule has 0 spiro atoms. The van der Waals surface area contributed by atoms with E-state index in [2.05, 4.69) is 22.0 Å². The zero-order valence-electron chi connectivity index (χ0n) is 8.30. The molecular formula is C10H9N3O2S. The number of hydrogen-bond donors (Lipinski definition) is 2. The topological polar surface area (TPSA) is 70.9 Å². The normalized spacial score (nSPS) is 9.81. The van der Waals surface area contributed by atoms with Crippen molar-refractivity contribution in [3.8, 4) is 11.8 Å². The average Bonchev–Trinajstić information content (AvgIpc) is 2.87. The van der Waals surface area contributed by atoms with E-state index in [1.54, 1.807) is 0 Å². The first-order valence-electron chi connectivity index (χ1n) is 4.56. The summed E-state index contributed by atoms with van der Waals surface area (Å²) in [6.07, 6.45) is 1.46. The summed E-state index contributed by atoms with van der Waals surface area (Å²) in [6.45, 7) is 0.340. The summed E-state index contributed by atoms with van der Waals surface area (Å²) in [5.74, 6) is 5.38. The summed E-state index contributed by atoms with van der Waals surface area (Å²) in [5.41, 5.74) is 0.627. The minimum absolute atomic E-state index is 0.146. The van der Waals surface area contributed by atoms with Crippen molar-refractivity contribution in [3.05, 3.63) is 38.7 Å². The van der Waals surface area contributed by atoms with Gasteiger partial charge in [-0.25, -0.2) is 9.89 Å². The van der Waals surface area contributed by atoms with Crippen molar-refractivity contribution in [3.63, 3.8) is 0 Å². The molecule has 0 fully saturated rings. The number of aromatic amines is 1. The summed E-state index contributed by atoms with van der Waals surface area (Å²) in [6, 6.07) is 1.90. The van der Waals surface area contributed by atoms with Gasteiger partial charge in [0.25, 0.3) is 0 Å². The molecule has 2 rings (SSSR count). The van der Waals surface area contributed by atoms with Gasteiger partial charge in [-0.2, -0.15) is 5.10 Å². The van der Waals surface area contributed by atoms with Crippen LogP contribution >= 0.6 is 11.3 Å². The predicted molar refractivity (Wildman–Crippen MR) is 60.2 cm³/mol. The molecular weight excluding hydrogens is 226 g/mol. The van der Waals surface area contributed by atoms with Gasteiger partial charge in [-0.1, -0.05) is 11.8 Å². The molecule has 0 saturated carbocycles. The van der Waals surface area contributed by atoms with Crippen LogP contribution in [0.25, 0.3) is 0 Å². The van der Waals surface area contributed by atoms with Crippen molar-refractivity contribution in [2.45, 2.75) is 6.54 Å². The standard InChI is InChI=1S/C10H9N3O2S/c14-3-1-2-8-4-9(16-6-8)5-13-7-11-12-10(13)15/h4,6-7,14H,3,5H2,(H,12,15). The summed E-state index contributed by atoms with van der Waals surface area (Å²) >= 11 is 1.52. The highest BCUT2D eigenvalue weighted by atomic mass is 32.1. The second-order valence-corrected chi connectivity index (χ2v) is 4.05. The van der Waals surface area contributed by atoms with Crippen LogP contribution in [-0.2, 0) is 6.54 Å². The summed E-state index contributed by atoms with van der Waals surface area (Å²) in [7, 11) is 0. The molecule has 2 aromatic rings. The quantitative estimate of drug-likeness (QED) is 0.721. The van der Waals surface area contributed by atoms with E-state index in [0.29, 0.717) is 6.54 Å². The van der Waals surface area contributed by atoms with E-state index in [-0.39, 0.29) is 12.3 Å². The fourth-order valence-electron chi connectivity index (χ4n) is 1.22. The molecule has 0 amide bonds. The van der Waals surface area contributed by atoms with Crippen LogP contribution in [0, 0.1) is 11.8 Å². The van der Waals surface area contributed by atoms with Crippen LogP contribution in [0.4, 0.5) is 0 Å². The Hall–Kier alpha value is -1.84. The van der Waals surface area contributed by atoms with E-state index in [9.17, 15) is 4.79 Å². The molecule has 0 unspecified atom stereocenters. The molecule has 2 aromatic heterocycles. The van der Waals surface area contributed by atoms with E-state index >= 15 is 0 Å². The first kappa shape index (κ1) is 10.7. The lowest BCUT2D eigenvalue weighted by atomic mass is 10.3. The van der Waals surface area contributed by atoms with Crippen LogP contribution in [0.5, 0.6) is 0 Å². The fraction of sp³-hybridized carbons (Fsp3) is 0.200. The molecule has 0 saturated heterocycles. The molecule has 6 heteroatoms. The Balaban J connectivity index is 2.14. The molecule has 0 bridgehead atoms. The zero-order chi connectivity index (χ0) is 11.4. The second-order valence-electron chi connectivity index (χ2n) is 3.05. The smallest absolute Gasteiger partial charge is 0.343 e. The Morgan fingerprint density at radius 3 is 3.19 bits per heavy atom. The molecule has 0 atom stereocenters. The molecule has 2 N–H and O–H groups in total. The van der Waals surface area contributed by atoms with Crippen molar-refractivity contribution in [2.75, 3.05) is 6.61 Å². The van der Waals surface area contributed by atoms with Crippen molar-refractivity contribution in [2.24, 2.45) is 0 Å². The third kappa shape index (κ3) is 2.39. The Bertz CT molecular complexity index is 585. The van der Waals surface area contributed by atoms with Gasteiger partial charge in [0.05, 0.1) is 6.54 Å². The molecule has 0 radical (unpaired) electrons. The van der Waals surface area contributed by atoms with Gasteiger partial charge in [-0.3, -0.25) is 4.57 Å². The zero-order valence-corrected chi connectivity index (χ0v) is 9.12. The van der Waals surface area contributed by atoms with Gasteiger partial charge in [0.15, 0.2) is 0 Å². The maximum atomic E-state index is 11.2. The largest absolute Gasteiger partial charge is 0.384 e. The van der Waals surface area contributed by atoms with Crippen LogP contribution < -0.4 is 5.69 Å². The van der Waals surface area contributed by atoms with Crippen LogP contribution in [0.2, 0.25) is 0 Å². The first-order chi connectivity index (χ1) is 7.79. The Kier molecular flexibility index (Phi) is 3.19. The summed E-state index contributed by atoms with van der Waals surface area (Å²) < 4.78 is 1.48. The number of nitrogens with zero attached hydrogens (tertiary/aromatic N) is 2. The molecule has 82 valence electrons. The van der Waals surface area contributed by atoms with E-state index in [0.717, 1.165) is 10.4 Å². The van der Waals surface area contributed by atoms with Crippen LogP contribution in [0.3, 0.4) is 0 Å². The number of aromatic nitrogens is 3. The van der Waals surface area contributed by atoms with Crippen molar-refractivity contribution in [1.29, 1.82) is 0 Å². The van der Waals surface area contributed by atoms with Crippen molar-refractivity contribution >= 4 is 11.3 Å².